The molecule has 1 aliphatic heterocycles. The Morgan fingerprint density at radius 3 is 2.68 bits per heavy atom. The van der Waals surface area contributed by atoms with Gasteiger partial charge in [0.1, 0.15) is 5.75 Å². The minimum absolute atomic E-state index is 0.735. The van der Waals surface area contributed by atoms with Gasteiger partial charge in [-0.05, 0) is 36.3 Å². The quantitative estimate of drug-likeness (QED) is 0.684. The molecule has 0 amide bonds. The second-order valence-corrected chi connectivity index (χ2v) is 7.26. The van der Waals surface area contributed by atoms with Gasteiger partial charge in [0.15, 0.2) is 5.11 Å². The van der Waals surface area contributed by atoms with Crippen molar-refractivity contribution < 1.29 is 9.47 Å². The number of morpholine rings is 1. The highest BCUT2D eigenvalue weighted by molar-refractivity contribution is 7.80. The Hall–Kier alpha value is -2.15. The molecule has 1 aliphatic rings. The van der Waals surface area contributed by atoms with Crippen molar-refractivity contribution >= 4 is 23.0 Å². The zero-order valence-electron chi connectivity index (χ0n) is 16.5. The van der Waals surface area contributed by atoms with E-state index in [1.165, 1.54) is 5.56 Å². The van der Waals surface area contributed by atoms with E-state index in [-0.39, 0.29) is 0 Å². The number of thiocarbonyl (C=S) groups is 1. The Bertz CT molecular complexity index is 736. The summed E-state index contributed by atoms with van der Waals surface area (Å²) in [4.78, 5) is 4.70. The number of rotatable bonds is 8. The van der Waals surface area contributed by atoms with Gasteiger partial charge < -0.3 is 19.7 Å². The molecule has 5 nitrogen and oxygen atoms in total. The van der Waals surface area contributed by atoms with Gasteiger partial charge in [0, 0.05) is 44.5 Å². The Balaban J connectivity index is 1.61. The van der Waals surface area contributed by atoms with Crippen molar-refractivity contribution in [3.05, 3.63) is 60.2 Å². The topological polar surface area (TPSA) is 37.0 Å². The van der Waals surface area contributed by atoms with Crippen LogP contribution < -0.4 is 10.1 Å². The number of anilines is 1. The predicted octanol–water partition coefficient (Wildman–Crippen LogP) is 3.62. The van der Waals surface area contributed by atoms with Gasteiger partial charge >= 0.3 is 0 Å². The van der Waals surface area contributed by atoms with Crippen molar-refractivity contribution in [2.45, 2.75) is 13.0 Å². The van der Waals surface area contributed by atoms with Crippen LogP contribution in [0.1, 0.15) is 12.0 Å². The predicted molar refractivity (Wildman–Crippen MR) is 118 cm³/mol. The van der Waals surface area contributed by atoms with E-state index in [0.717, 1.165) is 68.9 Å². The zero-order valence-corrected chi connectivity index (χ0v) is 17.3. The lowest BCUT2D eigenvalue weighted by Gasteiger charge is -2.29. The third-order valence-electron chi connectivity index (χ3n) is 4.83. The number of methoxy groups -OCH3 is 1. The highest BCUT2D eigenvalue weighted by Crippen LogP contribution is 2.18. The highest BCUT2D eigenvalue weighted by atomic mass is 32.1. The second-order valence-electron chi connectivity index (χ2n) is 6.88. The normalized spacial score (nSPS) is 14.5. The standard InChI is InChI=1S/C22H29N3O2S/c1-26-21-10-5-9-20(17-21)23-22(28)25(18-19-7-3-2-4-8-19)12-6-11-24-13-15-27-16-14-24/h2-5,7-10,17H,6,11-16,18H2,1H3,(H,23,28). The number of hydrogen-bond acceptors (Lipinski definition) is 4. The Labute approximate surface area is 173 Å². The van der Waals surface area contributed by atoms with Crippen LogP contribution in [0.4, 0.5) is 5.69 Å². The highest BCUT2D eigenvalue weighted by Gasteiger charge is 2.14. The van der Waals surface area contributed by atoms with E-state index in [2.05, 4.69) is 39.4 Å². The van der Waals surface area contributed by atoms with E-state index in [9.17, 15) is 0 Å². The van der Waals surface area contributed by atoms with Crippen LogP contribution in [0.3, 0.4) is 0 Å². The minimum atomic E-state index is 0.735. The van der Waals surface area contributed by atoms with Crippen LogP contribution in [0, 0.1) is 0 Å². The van der Waals surface area contributed by atoms with Crippen molar-refractivity contribution in [1.82, 2.24) is 9.80 Å². The summed E-state index contributed by atoms with van der Waals surface area (Å²) in [6.45, 7) is 6.47. The van der Waals surface area contributed by atoms with Gasteiger partial charge in [0.2, 0.25) is 0 Å². The fourth-order valence-electron chi connectivity index (χ4n) is 3.27. The van der Waals surface area contributed by atoms with Crippen molar-refractivity contribution in [1.29, 1.82) is 0 Å². The summed E-state index contributed by atoms with van der Waals surface area (Å²) in [6, 6.07) is 18.3. The zero-order chi connectivity index (χ0) is 19.6. The maximum absolute atomic E-state index is 5.75. The van der Waals surface area contributed by atoms with Gasteiger partial charge in [-0.2, -0.15) is 0 Å². The molecule has 0 unspecified atom stereocenters. The first-order chi connectivity index (χ1) is 13.7. The van der Waals surface area contributed by atoms with Crippen molar-refractivity contribution in [2.75, 3.05) is 51.8 Å². The van der Waals surface area contributed by atoms with Gasteiger partial charge in [-0.3, -0.25) is 4.90 Å². The Kier molecular flexibility index (Phi) is 8.08. The molecule has 0 aromatic heterocycles. The summed E-state index contributed by atoms with van der Waals surface area (Å²) >= 11 is 5.75. The van der Waals surface area contributed by atoms with Crippen LogP contribution in [-0.4, -0.2) is 61.4 Å². The third kappa shape index (κ3) is 6.48. The van der Waals surface area contributed by atoms with Crippen LogP contribution in [0.2, 0.25) is 0 Å². The molecule has 0 aliphatic carbocycles. The van der Waals surface area contributed by atoms with Gasteiger partial charge in [-0.25, -0.2) is 0 Å². The van der Waals surface area contributed by atoms with Gasteiger partial charge in [-0.15, -0.1) is 0 Å². The van der Waals surface area contributed by atoms with E-state index in [0.29, 0.717) is 0 Å². The van der Waals surface area contributed by atoms with Crippen molar-refractivity contribution in [2.24, 2.45) is 0 Å². The Morgan fingerprint density at radius 2 is 1.93 bits per heavy atom. The molecular formula is C22H29N3O2S. The maximum Gasteiger partial charge on any atom is 0.173 e. The molecule has 0 radical (unpaired) electrons. The fourth-order valence-corrected chi connectivity index (χ4v) is 3.54. The lowest BCUT2D eigenvalue weighted by molar-refractivity contribution is 0.0368. The molecule has 3 rings (SSSR count). The summed E-state index contributed by atoms with van der Waals surface area (Å²) in [6.07, 6.45) is 1.06. The van der Waals surface area contributed by atoms with E-state index >= 15 is 0 Å². The monoisotopic (exact) mass is 399 g/mol. The van der Waals surface area contributed by atoms with E-state index in [1.807, 2.05) is 30.3 Å². The van der Waals surface area contributed by atoms with Crippen molar-refractivity contribution in [3.8, 4) is 5.75 Å². The molecule has 0 atom stereocenters. The molecule has 1 fully saturated rings. The molecule has 6 heteroatoms. The lowest BCUT2D eigenvalue weighted by atomic mass is 10.2. The molecule has 0 saturated carbocycles. The lowest BCUT2D eigenvalue weighted by Crippen LogP contribution is -2.40. The molecule has 0 bridgehead atoms. The summed E-state index contributed by atoms with van der Waals surface area (Å²) in [7, 11) is 1.67. The number of nitrogens with zero attached hydrogens (tertiary/aromatic N) is 2. The van der Waals surface area contributed by atoms with Gasteiger partial charge in [0.05, 0.1) is 20.3 Å². The summed E-state index contributed by atoms with van der Waals surface area (Å²) in [5.41, 5.74) is 2.19. The molecule has 2 aromatic carbocycles. The van der Waals surface area contributed by atoms with E-state index in [4.69, 9.17) is 21.7 Å². The third-order valence-corrected chi connectivity index (χ3v) is 5.19. The summed E-state index contributed by atoms with van der Waals surface area (Å²) < 4.78 is 10.7. The van der Waals surface area contributed by atoms with Crippen LogP contribution in [0.25, 0.3) is 0 Å². The first kappa shape index (κ1) is 20.6. The number of ether oxygens (including phenoxy) is 2. The molecular weight excluding hydrogens is 370 g/mol. The molecule has 1 saturated heterocycles. The average molecular weight is 400 g/mol. The second kappa shape index (κ2) is 11.0. The first-order valence-electron chi connectivity index (χ1n) is 9.78. The summed E-state index contributed by atoms with van der Waals surface area (Å²) in [5.74, 6) is 0.815. The molecule has 28 heavy (non-hydrogen) atoms. The molecule has 1 heterocycles. The smallest absolute Gasteiger partial charge is 0.173 e. The van der Waals surface area contributed by atoms with Crippen molar-refractivity contribution in [3.63, 3.8) is 0 Å². The van der Waals surface area contributed by atoms with E-state index < -0.39 is 0 Å². The SMILES string of the molecule is COc1cccc(NC(=S)N(CCCN2CCOCC2)Cc2ccccc2)c1. The van der Waals surface area contributed by atoms with Crippen LogP contribution in [0.15, 0.2) is 54.6 Å². The maximum atomic E-state index is 5.75. The molecule has 2 aromatic rings. The first-order valence-corrected chi connectivity index (χ1v) is 10.2. The van der Waals surface area contributed by atoms with E-state index in [1.54, 1.807) is 7.11 Å². The Morgan fingerprint density at radius 1 is 1.14 bits per heavy atom. The fraction of sp³-hybridized carbons (Fsp3) is 0.409. The van der Waals surface area contributed by atoms with Gasteiger partial charge in [0.25, 0.3) is 0 Å². The van der Waals surface area contributed by atoms with Crippen LogP contribution in [0.5, 0.6) is 5.75 Å². The minimum Gasteiger partial charge on any atom is -0.497 e. The summed E-state index contributed by atoms with van der Waals surface area (Å²) in [5, 5.41) is 4.10. The van der Waals surface area contributed by atoms with Crippen LogP contribution >= 0.6 is 12.2 Å². The number of hydrogen-bond donors (Lipinski definition) is 1. The molecule has 150 valence electrons. The number of benzene rings is 2. The van der Waals surface area contributed by atoms with Gasteiger partial charge in [-0.1, -0.05) is 36.4 Å². The number of nitrogens with one attached hydrogen (secondary N) is 1. The molecule has 1 N–H and O–H groups in total. The van der Waals surface area contributed by atoms with Crippen LogP contribution in [-0.2, 0) is 11.3 Å². The largest absolute Gasteiger partial charge is 0.497 e. The average Bonchev–Trinajstić information content (AvgIpc) is 2.74. The molecule has 0 spiro atoms.